The van der Waals surface area contributed by atoms with Crippen molar-refractivity contribution >= 4 is 17.5 Å². The van der Waals surface area contributed by atoms with E-state index in [9.17, 15) is 9.59 Å². The summed E-state index contributed by atoms with van der Waals surface area (Å²) in [5.41, 5.74) is 1.39. The third-order valence-electron chi connectivity index (χ3n) is 6.55. The molecule has 1 atom stereocenters. The van der Waals surface area contributed by atoms with Crippen molar-refractivity contribution in [3.05, 3.63) is 47.5 Å². The highest BCUT2D eigenvalue weighted by Gasteiger charge is 2.57. The molecule has 3 aliphatic heterocycles. The predicted molar refractivity (Wildman–Crippen MR) is 119 cm³/mol. The van der Waals surface area contributed by atoms with Crippen molar-refractivity contribution < 1.29 is 23.8 Å². The molecule has 1 N–H and O–H groups in total. The number of nitrogens with one attached hydrogen (secondary N) is 1. The third-order valence-corrected chi connectivity index (χ3v) is 6.55. The first-order valence-electron chi connectivity index (χ1n) is 11.4. The van der Waals surface area contributed by atoms with Crippen LogP contribution < -0.4 is 24.4 Å². The summed E-state index contributed by atoms with van der Waals surface area (Å²) in [6.07, 6.45) is 5.66. The molecule has 0 aromatic heterocycles. The number of para-hydroxylation sites is 1. The molecule has 3 heterocycles. The number of amides is 2. The minimum absolute atomic E-state index is 0.00750. The van der Waals surface area contributed by atoms with Gasteiger partial charge in [-0.3, -0.25) is 9.59 Å². The maximum Gasteiger partial charge on any atom is 0.246 e. The van der Waals surface area contributed by atoms with Crippen molar-refractivity contribution in [1.82, 2.24) is 5.32 Å². The summed E-state index contributed by atoms with van der Waals surface area (Å²) in [6, 6.07) is 11.3. The van der Waals surface area contributed by atoms with E-state index in [1.165, 1.54) is 19.3 Å². The molecule has 0 aliphatic carbocycles. The van der Waals surface area contributed by atoms with Crippen LogP contribution in [-0.4, -0.2) is 38.3 Å². The minimum Gasteiger partial charge on any atom is -0.491 e. The Morgan fingerprint density at radius 1 is 1.00 bits per heavy atom. The summed E-state index contributed by atoms with van der Waals surface area (Å²) < 4.78 is 17.0. The van der Waals surface area contributed by atoms with Crippen LogP contribution in [0.3, 0.4) is 0 Å². The summed E-state index contributed by atoms with van der Waals surface area (Å²) in [7, 11) is 0. The van der Waals surface area contributed by atoms with Gasteiger partial charge in [0.2, 0.25) is 18.6 Å². The van der Waals surface area contributed by atoms with Crippen LogP contribution in [-0.2, 0) is 15.0 Å². The first-order valence-corrected chi connectivity index (χ1v) is 11.4. The zero-order valence-corrected chi connectivity index (χ0v) is 18.3. The van der Waals surface area contributed by atoms with Gasteiger partial charge in [-0.25, -0.2) is 0 Å². The maximum absolute atomic E-state index is 13.8. The fraction of sp³-hybridized carbons (Fsp3) is 0.440. The molecule has 0 saturated carbocycles. The molecule has 2 aromatic rings. The largest absolute Gasteiger partial charge is 0.491 e. The van der Waals surface area contributed by atoms with Crippen LogP contribution in [0.4, 0.5) is 5.69 Å². The standard InChI is InChI=1S/C25H28N2O5/c1-2-3-4-5-8-11-26-23(28)14-27-19-10-7-6-9-17(19)25(24(27)29)15-30-20-13-22-21(12-18(20)25)31-16-32-22/h6-7,9-10,12-13H,2-5,8,11,14-16H2,1H3,(H,26,28). The number of nitrogens with zero attached hydrogens (tertiary/aromatic N) is 1. The Kier molecular flexibility index (Phi) is 5.41. The van der Waals surface area contributed by atoms with E-state index >= 15 is 0 Å². The van der Waals surface area contributed by atoms with Gasteiger partial charge in [-0.15, -0.1) is 0 Å². The maximum atomic E-state index is 13.8. The van der Waals surface area contributed by atoms with Gasteiger partial charge in [0.05, 0.1) is 0 Å². The van der Waals surface area contributed by atoms with E-state index in [0.29, 0.717) is 23.8 Å². The van der Waals surface area contributed by atoms with Crippen molar-refractivity contribution in [3.8, 4) is 17.2 Å². The number of hydrogen-bond donors (Lipinski definition) is 1. The van der Waals surface area contributed by atoms with Crippen molar-refractivity contribution in [1.29, 1.82) is 0 Å². The van der Waals surface area contributed by atoms with Gasteiger partial charge >= 0.3 is 0 Å². The van der Waals surface area contributed by atoms with Gasteiger partial charge in [-0.05, 0) is 24.1 Å². The normalized spacial score (nSPS) is 19.8. The first-order chi connectivity index (χ1) is 15.6. The summed E-state index contributed by atoms with van der Waals surface area (Å²) in [4.78, 5) is 28.1. The van der Waals surface area contributed by atoms with Crippen molar-refractivity contribution in [2.75, 3.05) is 31.4 Å². The molecule has 0 bridgehead atoms. The van der Waals surface area contributed by atoms with Crippen LogP contribution in [0, 0.1) is 0 Å². The van der Waals surface area contributed by atoms with E-state index in [-0.39, 0.29) is 31.8 Å². The number of hydrogen-bond acceptors (Lipinski definition) is 5. The molecular formula is C25H28N2O5. The Labute approximate surface area is 187 Å². The van der Waals surface area contributed by atoms with Gasteiger partial charge < -0.3 is 24.4 Å². The highest BCUT2D eigenvalue weighted by molar-refractivity contribution is 6.13. The van der Waals surface area contributed by atoms with E-state index in [0.717, 1.165) is 29.7 Å². The van der Waals surface area contributed by atoms with Crippen molar-refractivity contribution in [2.45, 2.75) is 44.4 Å². The molecule has 0 radical (unpaired) electrons. The zero-order chi connectivity index (χ0) is 22.1. The minimum atomic E-state index is -0.979. The molecule has 7 nitrogen and oxygen atoms in total. The second-order valence-corrected chi connectivity index (χ2v) is 8.57. The number of rotatable bonds is 8. The van der Waals surface area contributed by atoms with Crippen molar-refractivity contribution in [2.24, 2.45) is 0 Å². The number of carbonyl (C=O) groups excluding carboxylic acids is 2. The summed E-state index contributed by atoms with van der Waals surface area (Å²) >= 11 is 0. The summed E-state index contributed by atoms with van der Waals surface area (Å²) in [6.45, 7) is 3.15. The Morgan fingerprint density at radius 3 is 2.62 bits per heavy atom. The molecule has 32 heavy (non-hydrogen) atoms. The van der Waals surface area contributed by atoms with Crippen LogP contribution in [0.25, 0.3) is 0 Å². The highest BCUT2D eigenvalue weighted by atomic mass is 16.7. The van der Waals surface area contributed by atoms with E-state index in [1.807, 2.05) is 30.3 Å². The highest BCUT2D eigenvalue weighted by Crippen LogP contribution is 2.54. The fourth-order valence-electron chi connectivity index (χ4n) is 4.88. The van der Waals surface area contributed by atoms with Gasteiger partial charge in [0, 0.05) is 23.9 Å². The van der Waals surface area contributed by atoms with Gasteiger partial charge in [0.15, 0.2) is 11.5 Å². The quantitative estimate of drug-likeness (QED) is 0.641. The average molecular weight is 437 g/mol. The van der Waals surface area contributed by atoms with E-state index in [4.69, 9.17) is 14.2 Å². The lowest BCUT2D eigenvalue weighted by Gasteiger charge is -2.23. The smallest absolute Gasteiger partial charge is 0.246 e. The number of benzene rings is 2. The SMILES string of the molecule is CCCCCCCNC(=O)CN1C(=O)C2(COc3cc4c(cc32)OCO4)c2ccccc21. The lowest BCUT2D eigenvalue weighted by molar-refractivity contribution is -0.125. The topological polar surface area (TPSA) is 77.1 Å². The predicted octanol–water partition coefficient (Wildman–Crippen LogP) is 3.53. The fourth-order valence-corrected chi connectivity index (χ4v) is 4.88. The number of fused-ring (bicyclic) bond motifs is 5. The molecule has 1 unspecified atom stereocenters. The summed E-state index contributed by atoms with van der Waals surface area (Å²) in [5, 5.41) is 2.97. The average Bonchev–Trinajstić information content (AvgIpc) is 3.47. The zero-order valence-electron chi connectivity index (χ0n) is 18.3. The van der Waals surface area contributed by atoms with Crippen LogP contribution in [0.2, 0.25) is 0 Å². The number of carbonyl (C=O) groups is 2. The van der Waals surface area contributed by atoms with Crippen LogP contribution in [0.5, 0.6) is 17.2 Å². The van der Waals surface area contributed by atoms with Crippen molar-refractivity contribution in [3.63, 3.8) is 0 Å². The van der Waals surface area contributed by atoms with E-state index in [2.05, 4.69) is 12.2 Å². The molecule has 2 amide bonds. The molecular weight excluding hydrogens is 408 g/mol. The van der Waals surface area contributed by atoms with Crippen LogP contribution in [0.1, 0.15) is 50.2 Å². The molecule has 2 aromatic carbocycles. The number of unbranched alkanes of at least 4 members (excludes halogenated alkanes) is 4. The second kappa shape index (κ2) is 8.37. The Balaban J connectivity index is 1.37. The Morgan fingerprint density at radius 2 is 1.78 bits per heavy atom. The Hall–Kier alpha value is -3.22. The van der Waals surface area contributed by atoms with E-state index < -0.39 is 5.41 Å². The second-order valence-electron chi connectivity index (χ2n) is 8.57. The molecule has 168 valence electrons. The lowest BCUT2D eigenvalue weighted by atomic mass is 9.77. The summed E-state index contributed by atoms with van der Waals surface area (Å²) in [5.74, 6) is 1.56. The molecule has 1 spiro atoms. The number of ether oxygens (including phenoxy) is 3. The third kappa shape index (κ3) is 3.27. The monoisotopic (exact) mass is 436 g/mol. The van der Waals surface area contributed by atoms with Gasteiger partial charge in [-0.2, -0.15) is 0 Å². The molecule has 3 aliphatic rings. The molecule has 0 fully saturated rings. The molecule has 5 rings (SSSR count). The van der Waals surface area contributed by atoms with Gasteiger partial charge in [-0.1, -0.05) is 50.8 Å². The Bertz CT molecular complexity index is 1050. The molecule has 0 saturated heterocycles. The molecule has 7 heteroatoms. The van der Waals surface area contributed by atoms with E-state index in [1.54, 1.807) is 11.0 Å². The first kappa shape index (κ1) is 20.7. The van der Waals surface area contributed by atoms with Gasteiger partial charge in [0.1, 0.15) is 24.3 Å². The van der Waals surface area contributed by atoms with Gasteiger partial charge in [0.25, 0.3) is 0 Å². The lowest BCUT2D eigenvalue weighted by Crippen LogP contribution is -2.46. The van der Waals surface area contributed by atoms with Crippen LogP contribution in [0.15, 0.2) is 36.4 Å². The van der Waals surface area contributed by atoms with Crippen LogP contribution >= 0.6 is 0 Å². The number of anilines is 1.